The van der Waals surface area contributed by atoms with E-state index in [0.717, 1.165) is 26.9 Å². The number of aliphatic hydroxyl groups excluding tert-OH is 1. The molecule has 4 heterocycles. The Bertz CT molecular complexity index is 1200. The second-order valence-corrected chi connectivity index (χ2v) is 9.82. The molecule has 0 aromatic carbocycles. The number of pyridine rings is 2. The van der Waals surface area contributed by atoms with Crippen LogP contribution < -0.4 is 10.0 Å². The van der Waals surface area contributed by atoms with Crippen molar-refractivity contribution >= 4 is 52.0 Å². The van der Waals surface area contributed by atoms with Crippen molar-refractivity contribution in [2.24, 2.45) is 0 Å². The number of hydrogen-bond acceptors (Lipinski definition) is 8. The summed E-state index contributed by atoms with van der Waals surface area (Å²) in [4.78, 5) is 20.9. The molecule has 11 heteroatoms. The van der Waals surface area contributed by atoms with Crippen LogP contribution in [0.25, 0.3) is 16.0 Å². The van der Waals surface area contributed by atoms with E-state index in [1.54, 1.807) is 41.6 Å². The second-order valence-electron chi connectivity index (χ2n) is 7.25. The van der Waals surface area contributed by atoms with Crippen LogP contribution in [0.1, 0.15) is 29.1 Å². The number of anilines is 1. The molecule has 0 radical (unpaired) electrons. The van der Waals surface area contributed by atoms with Gasteiger partial charge >= 0.3 is 0 Å². The summed E-state index contributed by atoms with van der Waals surface area (Å²) in [5, 5.41) is 17.5. The Morgan fingerprint density at radius 2 is 2.09 bits per heavy atom. The van der Waals surface area contributed by atoms with Gasteiger partial charge in [0.15, 0.2) is 5.01 Å². The van der Waals surface area contributed by atoms with Gasteiger partial charge in [-0.05, 0) is 55.5 Å². The zero-order valence-corrected chi connectivity index (χ0v) is 20.0. The maximum absolute atomic E-state index is 11.9. The van der Waals surface area contributed by atoms with Crippen molar-refractivity contribution in [1.29, 1.82) is 0 Å². The Balaban J connectivity index is 0.000000196. The molecule has 0 bridgehead atoms. The SMILES string of the molecule is O=C(NCCCO)c1ncc(-c2cnn3ccc(Cl)cc23)s1.c1cc(NSC2CC2)ccn1. The minimum Gasteiger partial charge on any atom is -0.396 e. The molecule has 1 aliphatic carbocycles. The first-order valence-electron chi connectivity index (χ1n) is 10.4. The molecule has 0 aliphatic heterocycles. The van der Waals surface area contributed by atoms with Crippen LogP contribution in [0.15, 0.2) is 55.2 Å². The number of thiazole rings is 1. The molecular formula is C22H23ClN6O2S2. The van der Waals surface area contributed by atoms with Crippen molar-refractivity contribution in [3.8, 4) is 10.4 Å². The van der Waals surface area contributed by atoms with E-state index in [2.05, 4.69) is 25.1 Å². The van der Waals surface area contributed by atoms with E-state index in [-0.39, 0.29) is 12.5 Å². The zero-order valence-electron chi connectivity index (χ0n) is 17.6. The molecule has 1 saturated carbocycles. The van der Waals surface area contributed by atoms with E-state index >= 15 is 0 Å². The van der Waals surface area contributed by atoms with Crippen LogP contribution >= 0.6 is 34.9 Å². The minimum atomic E-state index is -0.237. The van der Waals surface area contributed by atoms with E-state index in [1.807, 2.05) is 30.1 Å². The number of aliphatic hydroxyl groups is 1. The van der Waals surface area contributed by atoms with Crippen molar-refractivity contribution < 1.29 is 9.90 Å². The first-order chi connectivity index (χ1) is 16.1. The number of fused-ring (bicyclic) bond motifs is 1. The normalized spacial score (nSPS) is 12.8. The number of hydrogen-bond donors (Lipinski definition) is 3. The molecule has 172 valence electrons. The first kappa shape index (κ1) is 23.5. The van der Waals surface area contributed by atoms with Gasteiger partial charge in [0, 0.05) is 59.5 Å². The van der Waals surface area contributed by atoms with Crippen molar-refractivity contribution in [2.75, 3.05) is 17.9 Å². The standard InChI is InChI=1S/C14H13ClN4O2S.C8H10N2S/c15-9-2-4-19-11(6-9)10(7-18-19)12-8-17-14(22-12)13(21)16-3-1-5-20;1-2-8(1)11-10-7-3-5-9-6-4-7/h2,4,6-8,20H,1,3,5H2,(H,16,21);3-6,8H,1-2H2,(H,9,10). The molecule has 4 aromatic rings. The van der Waals surface area contributed by atoms with Crippen molar-refractivity contribution in [1.82, 2.24) is 24.9 Å². The fourth-order valence-corrected chi connectivity index (χ4v) is 4.58. The van der Waals surface area contributed by atoms with Gasteiger partial charge in [0.1, 0.15) is 0 Å². The summed E-state index contributed by atoms with van der Waals surface area (Å²) >= 11 is 9.14. The van der Waals surface area contributed by atoms with Crippen LogP contribution in [0.2, 0.25) is 5.02 Å². The number of amides is 1. The van der Waals surface area contributed by atoms with Gasteiger partial charge in [-0.3, -0.25) is 9.78 Å². The smallest absolute Gasteiger partial charge is 0.280 e. The molecule has 1 fully saturated rings. The lowest BCUT2D eigenvalue weighted by Crippen LogP contribution is -2.24. The van der Waals surface area contributed by atoms with E-state index in [1.165, 1.54) is 24.2 Å². The van der Waals surface area contributed by atoms with Gasteiger partial charge in [-0.25, -0.2) is 9.50 Å². The third-order valence-electron chi connectivity index (χ3n) is 4.62. The number of rotatable bonds is 8. The molecular weight excluding hydrogens is 480 g/mol. The molecule has 4 aromatic heterocycles. The molecule has 0 spiro atoms. The highest BCUT2D eigenvalue weighted by atomic mass is 35.5. The van der Waals surface area contributed by atoms with E-state index in [4.69, 9.17) is 16.7 Å². The summed E-state index contributed by atoms with van der Waals surface area (Å²) in [6.07, 6.45) is 12.0. The summed E-state index contributed by atoms with van der Waals surface area (Å²) in [5.74, 6) is -0.237. The minimum absolute atomic E-state index is 0.0482. The molecule has 0 saturated heterocycles. The largest absolute Gasteiger partial charge is 0.396 e. The third-order valence-corrected chi connectivity index (χ3v) is 7.04. The number of carbonyl (C=O) groups excluding carboxylic acids is 1. The lowest BCUT2D eigenvalue weighted by atomic mass is 10.2. The summed E-state index contributed by atoms with van der Waals surface area (Å²) in [6, 6.07) is 7.55. The van der Waals surface area contributed by atoms with Crippen LogP contribution in [0.4, 0.5) is 5.69 Å². The van der Waals surface area contributed by atoms with E-state index in [0.29, 0.717) is 23.0 Å². The van der Waals surface area contributed by atoms with Crippen molar-refractivity contribution in [3.63, 3.8) is 0 Å². The average Bonchev–Trinajstić information content (AvgIpc) is 3.37. The Morgan fingerprint density at radius 3 is 2.85 bits per heavy atom. The maximum atomic E-state index is 11.9. The topological polar surface area (TPSA) is 104 Å². The summed E-state index contributed by atoms with van der Waals surface area (Å²) in [6.45, 7) is 0.475. The average molecular weight is 503 g/mol. The monoisotopic (exact) mass is 502 g/mol. The van der Waals surface area contributed by atoms with Crippen LogP contribution in [-0.4, -0.2) is 49.0 Å². The Morgan fingerprint density at radius 1 is 1.27 bits per heavy atom. The highest BCUT2D eigenvalue weighted by Crippen LogP contribution is 2.34. The van der Waals surface area contributed by atoms with Crippen LogP contribution in [0.5, 0.6) is 0 Å². The fourth-order valence-electron chi connectivity index (χ4n) is 2.76. The van der Waals surface area contributed by atoms with Gasteiger partial charge in [-0.1, -0.05) is 11.6 Å². The van der Waals surface area contributed by atoms with Gasteiger partial charge < -0.3 is 15.1 Å². The first-order valence-corrected chi connectivity index (χ1v) is 12.5. The highest BCUT2D eigenvalue weighted by molar-refractivity contribution is 8.01. The lowest BCUT2D eigenvalue weighted by Gasteiger charge is -2.01. The summed E-state index contributed by atoms with van der Waals surface area (Å²) in [5.41, 5.74) is 2.90. The Labute approximate surface area is 204 Å². The van der Waals surface area contributed by atoms with Gasteiger partial charge in [-0.2, -0.15) is 5.10 Å². The van der Waals surface area contributed by atoms with Gasteiger partial charge in [0.2, 0.25) is 0 Å². The fraction of sp³-hybridized carbons (Fsp3) is 0.273. The molecule has 1 aliphatic rings. The molecule has 33 heavy (non-hydrogen) atoms. The maximum Gasteiger partial charge on any atom is 0.280 e. The molecule has 0 atom stereocenters. The highest BCUT2D eigenvalue weighted by Gasteiger charge is 2.21. The number of carbonyl (C=O) groups is 1. The van der Waals surface area contributed by atoms with Gasteiger partial charge in [0.25, 0.3) is 5.91 Å². The quantitative estimate of drug-likeness (QED) is 0.240. The van der Waals surface area contributed by atoms with Gasteiger partial charge in [-0.15, -0.1) is 11.3 Å². The number of nitrogens with one attached hydrogen (secondary N) is 2. The van der Waals surface area contributed by atoms with E-state index in [9.17, 15) is 4.79 Å². The molecule has 1 amide bonds. The number of nitrogens with zero attached hydrogens (tertiary/aromatic N) is 4. The molecule has 3 N–H and O–H groups in total. The zero-order chi connectivity index (χ0) is 23.0. The molecule has 8 nitrogen and oxygen atoms in total. The molecule has 0 unspecified atom stereocenters. The predicted molar refractivity (Wildman–Crippen MR) is 134 cm³/mol. The van der Waals surface area contributed by atoms with Crippen LogP contribution in [0.3, 0.4) is 0 Å². The predicted octanol–water partition coefficient (Wildman–Crippen LogP) is 4.53. The lowest BCUT2D eigenvalue weighted by molar-refractivity contribution is 0.0951. The Kier molecular flexibility index (Phi) is 8.16. The summed E-state index contributed by atoms with van der Waals surface area (Å²) in [7, 11) is 0. The Hall–Kier alpha value is -2.66. The third kappa shape index (κ3) is 6.67. The van der Waals surface area contributed by atoms with Crippen LogP contribution in [-0.2, 0) is 0 Å². The summed E-state index contributed by atoms with van der Waals surface area (Å²) < 4.78 is 5.01. The number of aromatic nitrogens is 4. The van der Waals surface area contributed by atoms with Crippen molar-refractivity contribution in [2.45, 2.75) is 24.5 Å². The van der Waals surface area contributed by atoms with Crippen molar-refractivity contribution in [3.05, 3.63) is 65.3 Å². The second kappa shape index (κ2) is 11.5. The van der Waals surface area contributed by atoms with Crippen LogP contribution in [0, 0.1) is 0 Å². The molecule has 5 rings (SSSR count). The van der Waals surface area contributed by atoms with Gasteiger partial charge in [0.05, 0.1) is 16.6 Å². The van der Waals surface area contributed by atoms with E-state index < -0.39 is 0 Å². The number of halogens is 1.